The summed E-state index contributed by atoms with van der Waals surface area (Å²) >= 11 is 0. The van der Waals surface area contributed by atoms with Crippen LogP contribution in [0.5, 0.6) is 0 Å². The van der Waals surface area contributed by atoms with Gasteiger partial charge in [-0.15, -0.1) is 6.42 Å². The number of rotatable bonds is 5. The second kappa shape index (κ2) is 6.66. The summed E-state index contributed by atoms with van der Waals surface area (Å²) in [5.41, 5.74) is 0.477. The van der Waals surface area contributed by atoms with E-state index in [1.807, 2.05) is 31.1 Å². The molecule has 1 aliphatic heterocycles. The zero-order valence-electron chi connectivity index (χ0n) is 14.8. The molecule has 3 rings (SSSR count). The van der Waals surface area contributed by atoms with Crippen molar-refractivity contribution < 1.29 is 14.7 Å². The minimum Gasteiger partial charge on any atom is -0.378 e. The molecule has 5 heteroatoms. The normalized spacial score (nSPS) is 18.4. The summed E-state index contributed by atoms with van der Waals surface area (Å²) in [5.74, 6) is 1.56. The number of hydrogen-bond donors (Lipinski definition) is 1. The van der Waals surface area contributed by atoms with Crippen LogP contribution in [0.4, 0.5) is 11.4 Å². The zero-order valence-corrected chi connectivity index (χ0v) is 14.8. The van der Waals surface area contributed by atoms with E-state index in [1.54, 1.807) is 36.4 Å². The van der Waals surface area contributed by atoms with Crippen molar-refractivity contribution in [2.24, 2.45) is 0 Å². The van der Waals surface area contributed by atoms with Crippen LogP contribution in [0.1, 0.15) is 22.3 Å². The lowest BCUT2D eigenvalue weighted by atomic mass is 9.88. The fraction of sp³-hybridized carbons (Fsp3) is 0.238. The molecule has 0 saturated heterocycles. The number of amides is 1. The summed E-state index contributed by atoms with van der Waals surface area (Å²) in [5, 5.41) is 11.1. The fourth-order valence-corrected chi connectivity index (χ4v) is 3.21. The molecule has 1 aliphatic rings. The monoisotopic (exact) mass is 348 g/mol. The molecule has 0 aliphatic carbocycles. The number of Topliss-reactive ketones (excluding diaryl/α,β-unsaturated/α-hetero) is 1. The molecule has 2 aromatic carbocycles. The van der Waals surface area contributed by atoms with Crippen molar-refractivity contribution in [3.05, 3.63) is 59.7 Å². The Morgan fingerprint density at radius 1 is 1.19 bits per heavy atom. The van der Waals surface area contributed by atoms with E-state index in [4.69, 9.17) is 6.42 Å². The molecule has 0 radical (unpaired) electrons. The summed E-state index contributed by atoms with van der Waals surface area (Å²) in [7, 11) is 3.82. The van der Waals surface area contributed by atoms with E-state index in [9.17, 15) is 14.7 Å². The molecule has 26 heavy (non-hydrogen) atoms. The van der Waals surface area contributed by atoms with Gasteiger partial charge in [0.15, 0.2) is 11.4 Å². The first-order valence-electron chi connectivity index (χ1n) is 8.26. The predicted molar refractivity (Wildman–Crippen MR) is 101 cm³/mol. The van der Waals surface area contributed by atoms with Gasteiger partial charge in [-0.1, -0.05) is 24.1 Å². The minimum atomic E-state index is -1.90. The highest BCUT2D eigenvalue weighted by molar-refractivity contribution is 6.11. The van der Waals surface area contributed by atoms with Crippen molar-refractivity contribution in [1.29, 1.82) is 0 Å². The van der Waals surface area contributed by atoms with Gasteiger partial charge in [0.25, 0.3) is 5.91 Å². The Kier molecular flexibility index (Phi) is 4.54. The van der Waals surface area contributed by atoms with Crippen molar-refractivity contribution in [2.45, 2.75) is 12.0 Å². The Labute approximate surface area is 152 Å². The lowest BCUT2D eigenvalue weighted by Crippen LogP contribution is -2.42. The zero-order chi connectivity index (χ0) is 18.9. The first-order valence-corrected chi connectivity index (χ1v) is 8.26. The smallest absolute Gasteiger partial charge is 0.265 e. The molecule has 0 aromatic heterocycles. The number of ketones is 1. The number of aliphatic hydroxyl groups is 1. The minimum absolute atomic E-state index is 0.0455. The van der Waals surface area contributed by atoms with E-state index in [-0.39, 0.29) is 18.7 Å². The van der Waals surface area contributed by atoms with Gasteiger partial charge in [-0.05, 0) is 30.3 Å². The van der Waals surface area contributed by atoms with Gasteiger partial charge in [-0.2, -0.15) is 0 Å². The summed E-state index contributed by atoms with van der Waals surface area (Å²) < 4.78 is 0. The van der Waals surface area contributed by atoms with Crippen LogP contribution < -0.4 is 9.80 Å². The van der Waals surface area contributed by atoms with Gasteiger partial charge >= 0.3 is 0 Å². The van der Waals surface area contributed by atoms with E-state index in [1.165, 1.54) is 4.90 Å². The highest BCUT2D eigenvalue weighted by atomic mass is 16.3. The van der Waals surface area contributed by atoms with Gasteiger partial charge in [0.2, 0.25) is 0 Å². The molecule has 0 fully saturated rings. The van der Waals surface area contributed by atoms with Crippen molar-refractivity contribution in [3.63, 3.8) is 0 Å². The molecule has 5 nitrogen and oxygen atoms in total. The molecular formula is C21H20N2O3. The fourth-order valence-electron chi connectivity index (χ4n) is 3.21. The third-order valence-electron chi connectivity index (χ3n) is 4.61. The third-order valence-corrected chi connectivity index (χ3v) is 4.61. The number of nitrogens with zero attached hydrogens (tertiary/aromatic N) is 2. The first kappa shape index (κ1) is 17.7. The van der Waals surface area contributed by atoms with E-state index in [0.29, 0.717) is 16.8 Å². The largest absolute Gasteiger partial charge is 0.378 e. The Bertz CT molecular complexity index is 896. The summed E-state index contributed by atoms with van der Waals surface area (Å²) in [4.78, 5) is 28.8. The maximum Gasteiger partial charge on any atom is 0.265 e. The average Bonchev–Trinajstić information content (AvgIpc) is 2.84. The van der Waals surface area contributed by atoms with Gasteiger partial charge in [0.1, 0.15) is 0 Å². The van der Waals surface area contributed by atoms with Gasteiger partial charge in [-0.3, -0.25) is 14.5 Å². The number of fused-ring (bicyclic) bond motifs is 1. The lowest BCUT2D eigenvalue weighted by molar-refractivity contribution is -0.135. The maximum atomic E-state index is 12.8. The van der Waals surface area contributed by atoms with Gasteiger partial charge in [0, 0.05) is 30.9 Å². The van der Waals surface area contributed by atoms with Crippen molar-refractivity contribution in [3.8, 4) is 12.3 Å². The molecule has 0 spiro atoms. The molecule has 1 atom stereocenters. The number of benzene rings is 2. The average molecular weight is 348 g/mol. The Balaban J connectivity index is 1.92. The molecule has 1 amide bonds. The molecule has 132 valence electrons. The topological polar surface area (TPSA) is 60.9 Å². The number of para-hydroxylation sites is 1. The van der Waals surface area contributed by atoms with Crippen LogP contribution in [0.15, 0.2) is 48.5 Å². The van der Waals surface area contributed by atoms with Crippen molar-refractivity contribution >= 4 is 23.1 Å². The number of carbonyl (C=O) groups is 2. The molecule has 0 bridgehead atoms. The Morgan fingerprint density at radius 2 is 1.85 bits per heavy atom. The quantitative estimate of drug-likeness (QED) is 0.665. The van der Waals surface area contributed by atoms with E-state index in [0.717, 1.165) is 5.69 Å². The van der Waals surface area contributed by atoms with Crippen LogP contribution in [0, 0.1) is 12.3 Å². The van der Waals surface area contributed by atoms with Crippen molar-refractivity contribution in [2.75, 3.05) is 30.4 Å². The Hall–Kier alpha value is -3.10. The van der Waals surface area contributed by atoms with Gasteiger partial charge < -0.3 is 10.0 Å². The molecule has 0 saturated carbocycles. The Morgan fingerprint density at radius 3 is 2.46 bits per heavy atom. The summed E-state index contributed by atoms with van der Waals surface area (Å²) in [6.45, 7) is 0.0455. The molecule has 1 N–H and O–H groups in total. The van der Waals surface area contributed by atoms with Crippen molar-refractivity contribution in [1.82, 2.24) is 0 Å². The van der Waals surface area contributed by atoms with Gasteiger partial charge in [0.05, 0.1) is 18.7 Å². The van der Waals surface area contributed by atoms with E-state index >= 15 is 0 Å². The van der Waals surface area contributed by atoms with E-state index in [2.05, 4.69) is 5.92 Å². The lowest BCUT2D eigenvalue weighted by Gasteiger charge is -2.22. The highest BCUT2D eigenvalue weighted by Crippen LogP contribution is 2.42. The van der Waals surface area contributed by atoms with Crippen LogP contribution in [-0.2, 0) is 10.4 Å². The summed E-state index contributed by atoms with van der Waals surface area (Å²) in [6.07, 6.45) is 5.02. The summed E-state index contributed by atoms with van der Waals surface area (Å²) in [6, 6.07) is 13.9. The highest BCUT2D eigenvalue weighted by Gasteiger charge is 2.50. The van der Waals surface area contributed by atoms with Crippen LogP contribution in [-0.4, -0.2) is 37.4 Å². The number of carbonyl (C=O) groups excluding carboxylic acids is 2. The van der Waals surface area contributed by atoms with E-state index < -0.39 is 11.5 Å². The standard InChI is InChI=1S/C21H20N2O3/c1-4-13-23-18-8-6-5-7-17(18)21(26,20(23)25)14-19(24)15-9-11-16(12-10-15)22(2)3/h1,5-12,26H,13-14H2,2-3H3/t21-/m0/s1. The molecule has 1 heterocycles. The number of hydrogen-bond acceptors (Lipinski definition) is 4. The van der Waals surface area contributed by atoms with Crippen LogP contribution in [0.25, 0.3) is 0 Å². The maximum absolute atomic E-state index is 12.8. The number of terminal acetylenes is 1. The predicted octanol–water partition coefficient (Wildman–Crippen LogP) is 2.19. The second-order valence-corrected chi connectivity index (χ2v) is 6.51. The second-order valence-electron chi connectivity index (χ2n) is 6.51. The first-order chi connectivity index (χ1) is 12.4. The number of anilines is 2. The van der Waals surface area contributed by atoms with Crippen LogP contribution >= 0.6 is 0 Å². The molecular weight excluding hydrogens is 328 g/mol. The molecule has 2 aromatic rings. The molecule has 0 unspecified atom stereocenters. The SMILES string of the molecule is C#CCN1C(=O)[C@](O)(CC(=O)c2ccc(N(C)C)cc2)c2ccccc21. The van der Waals surface area contributed by atoms with Crippen LogP contribution in [0.3, 0.4) is 0 Å². The van der Waals surface area contributed by atoms with Crippen LogP contribution in [0.2, 0.25) is 0 Å². The third kappa shape index (κ3) is 2.85. The van der Waals surface area contributed by atoms with Gasteiger partial charge in [-0.25, -0.2) is 0 Å².